The Morgan fingerprint density at radius 3 is 2.46 bits per heavy atom. The van der Waals surface area contributed by atoms with E-state index in [4.69, 9.17) is 11.6 Å². The van der Waals surface area contributed by atoms with Crippen LogP contribution in [0.15, 0.2) is 42.5 Å². The van der Waals surface area contributed by atoms with Gasteiger partial charge in [0.1, 0.15) is 0 Å². The van der Waals surface area contributed by atoms with Crippen LogP contribution in [0.5, 0.6) is 0 Å². The van der Waals surface area contributed by atoms with E-state index in [9.17, 15) is 0 Å². The average Bonchev–Trinajstić information content (AvgIpc) is 2.84. The van der Waals surface area contributed by atoms with E-state index in [1.807, 2.05) is 0 Å². The third-order valence-corrected chi connectivity index (χ3v) is 6.99. The van der Waals surface area contributed by atoms with Gasteiger partial charge in [-0.15, -0.1) is 0 Å². The van der Waals surface area contributed by atoms with Crippen LogP contribution in [0, 0.1) is 5.92 Å². The first kappa shape index (κ1) is 18.1. The summed E-state index contributed by atoms with van der Waals surface area (Å²) < 4.78 is 0. The summed E-state index contributed by atoms with van der Waals surface area (Å²) in [5.74, 6) is 1.26. The number of hydrogen-bond acceptors (Lipinski definition) is 1. The summed E-state index contributed by atoms with van der Waals surface area (Å²) >= 11 is 6.34. The lowest BCUT2D eigenvalue weighted by Gasteiger charge is -2.39. The molecule has 2 aliphatic rings. The van der Waals surface area contributed by atoms with Crippen LogP contribution >= 0.6 is 11.6 Å². The monoisotopic (exact) mass is 367 g/mol. The zero-order chi connectivity index (χ0) is 18.1. The number of nitrogens with zero attached hydrogens (tertiary/aromatic N) is 1. The summed E-state index contributed by atoms with van der Waals surface area (Å²) in [6, 6.07) is 16.5. The molecule has 1 fully saturated rings. The first-order chi connectivity index (χ1) is 12.7. The van der Waals surface area contributed by atoms with Crippen molar-refractivity contribution in [2.24, 2.45) is 5.92 Å². The van der Waals surface area contributed by atoms with Crippen molar-refractivity contribution >= 4 is 11.6 Å². The van der Waals surface area contributed by atoms with Crippen LogP contribution in [0.25, 0.3) is 0 Å². The second kappa shape index (κ2) is 7.74. The number of benzene rings is 2. The molecule has 0 bridgehead atoms. The largest absolute Gasteiger partial charge is 0.301 e. The standard InChI is InChI=1S/C24H30ClN/c1-3-17(2)26-14-12-19(13-15-26)24-22-7-5-4-6-18(22)8-9-20-16-21(25)10-11-23(20)24/h4-7,10-11,16-17,19,24H,3,8-9,12-15H2,1-2H3. The second-order valence-corrected chi connectivity index (χ2v) is 8.59. The molecule has 2 aromatic carbocycles. The lowest BCUT2D eigenvalue weighted by Crippen LogP contribution is -2.41. The molecule has 1 aliphatic heterocycles. The summed E-state index contributed by atoms with van der Waals surface area (Å²) in [6.45, 7) is 7.15. The number of piperidine rings is 1. The van der Waals surface area contributed by atoms with Crippen molar-refractivity contribution < 1.29 is 0 Å². The highest BCUT2D eigenvalue weighted by Gasteiger charge is 2.33. The summed E-state index contributed by atoms with van der Waals surface area (Å²) in [5.41, 5.74) is 6.09. The lowest BCUT2D eigenvalue weighted by molar-refractivity contribution is 0.132. The first-order valence-corrected chi connectivity index (χ1v) is 10.6. The summed E-state index contributed by atoms with van der Waals surface area (Å²) in [5, 5.41) is 0.875. The van der Waals surface area contributed by atoms with E-state index in [0.717, 1.165) is 23.8 Å². The van der Waals surface area contributed by atoms with E-state index >= 15 is 0 Å². The van der Waals surface area contributed by atoms with Gasteiger partial charge < -0.3 is 4.90 Å². The van der Waals surface area contributed by atoms with Crippen molar-refractivity contribution in [3.05, 3.63) is 69.7 Å². The van der Waals surface area contributed by atoms with E-state index in [0.29, 0.717) is 12.0 Å². The van der Waals surface area contributed by atoms with E-state index in [2.05, 4.69) is 61.2 Å². The molecule has 1 aliphatic carbocycles. The molecule has 0 spiro atoms. The Kier molecular flexibility index (Phi) is 5.38. The Morgan fingerprint density at radius 2 is 1.69 bits per heavy atom. The van der Waals surface area contributed by atoms with E-state index < -0.39 is 0 Å². The Bertz CT molecular complexity index is 761. The zero-order valence-electron chi connectivity index (χ0n) is 16.0. The normalized spacial score (nSPS) is 22.3. The highest BCUT2D eigenvalue weighted by molar-refractivity contribution is 6.30. The van der Waals surface area contributed by atoms with Crippen LogP contribution in [0.4, 0.5) is 0 Å². The maximum Gasteiger partial charge on any atom is 0.0408 e. The van der Waals surface area contributed by atoms with Gasteiger partial charge in [0.05, 0.1) is 0 Å². The first-order valence-electron chi connectivity index (χ1n) is 10.3. The summed E-state index contributed by atoms with van der Waals surface area (Å²) in [7, 11) is 0. The van der Waals surface area contributed by atoms with Crippen LogP contribution in [-0.2, 0) is 12.8 Å². The topological polar surface area (TPSA) is 3.24 Å². The molecule has 2 heteroatoms. The number of halogens is 1. The molecule has 0 saturated carbocycles. The molecule has 1 nitrogen and oxygen atoms in total. The van der Waals surface area contributed by atoms with Crippen molar-refractivity contribution in [2.75, 3.05) is 13.1 Å². The second-order valence-electron chi connectivity index (χ2n) is 8.15. The molecule has 4 rings (SSSR count). The van der Waals surface area contributed by atoms with Gasteiger partial charge in [0.25, 0.3) is 0 Å². The van der Waals surface area contributed by atoms with Gasteiger partial charge in [-0.25, -0.2) is 0 Å². The van der Waals surface area contributed by atoms with Gasteiger partial charge in [-0.2, -0.15) is 0 Å². The molecular weight excluding hydrogens is 338 g/mol. The molecule has 0 amide bonds. The van der Waals surface area contributed by atoms with Gasteiger partial charge in [-0.05, 0) is 92.4 Å². The molecule has 0 aromatic heterocycles. The molecule has 1 saturated heterocycles. The van der Waals surface area contributed by atoms with Gasteiger partial charge in [0.15, 0.2) is 0 Å². The van der Waals surface area contributed by atoms with Crippen molar-refractivity contribution in [3.63, 3.8) is 0 Å². The molecule has 0 radical (unpaired) electrons. The minimum atomic E-state index is 0.528. The summed E-state index contributed by atoms with van der Waals surface area (Å²) in [6.07, 6.45) is 6.08. The SMILES string of the molecule is CCC(C)N1CCC(C2c3ccccc3CCc3cc(Cl)ccc32)CC1. The van der Waals surface area contributed by atoms with Crippen molar-refractivity contribution in [2.45, 2.75) is 57.9 Å². The van der Waals surface area contributed by atoms with Crippen LogP contribution in [0.1, 0.15) is 61.3 Å². The molecule has 2 atom stereocenters. The summed E-state index contributed by atoms with van der Waals surface area (Å²) in [4.78, 5) is 2.68. The van der Waals surface area contributed by atoms with Crippen molar-refractivity contribution in [3.8, 4) is 0 Å². The highest BCUT2D eigenvalue weighted by Crippen LogP contribution is 2.43. The van der Waals surface area contributed by atoms with Gasteiger partial charge in [-0.1, -0.05) is 48.9 Å². The lowest BCUT2D eigenvalue weighted by atomic mass is 9.74. The average molecular weight is 368 g/mol. The maximum atomic E-state index is 6.34. The minimum Gasteiger partial charge on any atom is -0.301 e. The molecule has 2 unspecified atom stereocenters. The Hall–Kier alpha value is -1.31. The Balaban J connectivity index is 1.69. The van der Waals surface area contributed by atoms with E-state index in [1.54, 1.807) is 5.56 Å². The van der Waals surface area contributed by atoms with Crippen LogP contribution in [-0.4, -0.2) is 24.0 Å². The Labute approximate surface area is 163 Å². The van der Waals surface area contributed by atoms with Crippen LogP contribution < -0.4 is 0 Å². The fraction of sp³-hybridized carbons (Fsp3) is 0.500. The third-order valence-electron chi connectivity index (χ3n) is 6.75. The number of rotatable bonds is 3. The molecule has 1 heterocycles. The molecule has 138 valence electrons. The smallest absolute Gasteiger partial charge is 0.0408 e. The number of fused-ring (bicyclic) bond motifs is 2. The molecule has 26 heavy (non-hydrogen) atoms. The van der Waals surface area contributed by atoms with E-state index in [1.165, 1.54) is 49.0 Å². The fourth-order valence-electron chi connectivity index (χ4n) is 5.06. The Morgan fingerprint density at radius 1 is 1.00 bits per heavy atom. The van der Waals surface area contributed by atoms with Gasteiger partial charge in [0.2, 0.25) is 0 Å². The number of hydrogen-bond donors (Lipinski definition) is 0. The molecule has 2 aromatic rings. The van der Waals surface area contributed by atoms with Crippen LogP contribution in [0.2, 0.25) is 5.02 Å². The fourth-order valence-corrected chi connectivity index (χ4v) is 5.25. The predicted molar refractivity (Wildman–Crippen MR) is 111 cm³/mol. The van der Waals surface area contributed by atoms with E-state index in [-0.39, 0.29) is 0 Å². The van der Waals surface area contributed by atoms with Crippen molar-refractivity contribution in [1.82, 2.24) is 4.90 Å². The van der Waals surface area contributed by atoms with Crippen LogP contribution in [0.3, 0.4) is 0 Å². The zero-order valence-corrected chi connectivity index (χ0v) is 16.8. The predicted octanol–water partition coefficient (Wildman–Crippen LogP) is 6.08. The van der Waals surface area contributed by atoms with Gasteiger partial charge >= 0.3 is 0 Å². The highest BCUT2D eigenvalue weighted by atomic mass is 35.5. The molecule has 0 N–H and O–H groups in total. The quantitative estimate of drug-likeness (QED) is 0.635. The maximum absolute atomic E-state index is 6.34. The van der Waals surface area contributed by atoms with Gasteiger partial charge in [0, 0.05) is 17.0 Å². The third kappa shape index (κ3) is 3.44. The number of likely N-dealkylation sites (tertiary alicyclic amines) is 1. The minimum absolute atomic E-state index is 0.528. The number of aryl methyl sites for hydroxylation is 2. The molecular formula is C24H30ClN. The van der Waals surface area contributed by atoms with Crippen molar-refractivity contribution in [1.29, 1.82) is 0 Å². The van der Waals surface area contributed by atoms with Gasteiger partial charge in [-0.3, -0.25) is 0 Å².